The fourth-order valence-corrected chi connectivity index (χ4v) is 3.22. The fourth-order valence-electron chi connectivity index (χ4n) is 1.12. The van der Waals surface area contributed by atoms with Crippen molar-refractivity contribution in [1.82, 2.24) is 0 Å². The van der Waals surface area contributed by atoms with Crippen LogP contribution in [0.15, 0.2) is 24.3 Å². The predicted molar refractivity (Wildman–Crippen MR) is 69.8 cm³/mol. The lowest BCUT2D eigenvalue weighted by molar-refractivity contribution is 0.132. The van der Waals surface area contributed by atoms with Crippen LogP contribution in [-0.4, -0.2) is 11.6 Å². The van der Waals surface area contributed by atoms with E-state index in [1.807, 2.05) is 39.0 Å². The summed E-state index contributed by atoms with van der Waals surface area (Å²) in [7, 11) is 0. The number of ether oxygens (including phenoxy) is 1. The van der Waals surface area contributed by atoms with Crippen molar-refractivity contribution in [2.75, 3.05) is 0 Å². The SMILES string of the molecule is CC(C)(C)Oc1ccccc1[Si](Cl)(Cl)Cl. The fraction of sp³-hybridized carbons (Fsp3) is 0.400. The second-order valence-corrected chi connectivity index (χ2v) is 12.6. The number of para-hydroxylation sites is 1. The highest BCUT2D eigenvalue weighted by Gasteiger charge is 2.32. The molecule has 1 aromatic carbocycles. The van der Waals surface area contributed by atoms with E-state index in [0.29, 0.717) is 10.9 Å². The maximum Gasteiger partial charge on any atom is 0.376 e. The van der Waals surface area contributed by atoms with Gasteiger partial charge in [0.2, 0.25) is 0 Å². The molecule has 0 N–H and O–H groups in total. The van der Waals surface area contributed by atoms with Crippen LogP contribution in [0.3, 0.4) is 0 Å². The normalized spacial score (nSPS) is 12.7. The highest BCUT2D eigenvalue weighted by molar-refractivity contribution is 7.69. The average Bonchev–Trinajstić information content (AvgIpc) is 1.99. The van der Waals surface area contributed by atoms with Crippen LogP contribution in [0.1, 0.15) is 20.8 Å². The zero-order chi connectivity index (χ0) is 11.7. The lowest BCUT2D eigenvalue weighted by Gasteiger charge is -2.24. The van der Waals surface area contributed by atoms with Crippen LogP contribution in [-0.2, 0) is 0 Å². The maximum absolute atomic E-state index is 5.98. The van der Waals surface area contributed by atoms with Gasteiger partial charge in [0.1, 0.15) is 11.4 Å². The van der Waals surface area contributed by atoms with Crippen molar-refractivity contribution >= 4 is 44.4 Å². The van der Waals surface area contributed by atoms with E-state index in [4.69, 9.17) is 38.0 Å². The smallest absolute Gasteiger partial charge is 0.376 e. The van der Waals surface area contributed by atoms with E-state index in [1.54, 1.807) is 6.07 Å². The molecule has 84 valence electrons. The molecule has 0 aliphatic rings. The molecule has 0 fully saturated rings. The Balaban J connectivity index is 3.08. The maximum atomic E-state index is 5.98. The van der Waals surface area contributed by atoms with Crippen molar-refractivity contribution in [3.8, 4) is 5.75 Å². The monoisotopic (exact) mass is 282 g/mol. The van der Waals surface area contributed by atoms with Gasteiger partial charge in [-0.05, 0) is 26.8 Å². The van der Waals surface area contributed by atoms with Crippen LogP contribution in [0.25, 0.3) is 0 Å². The number of benzene rings is 1. The Bertz CT molecular complexity index is 341. The van der Waals surface area contributed by atoms with Crippen molar-refractivity contribution < 1.29 is 4.74 Å². The molecule has 5 heteroatoms. The molecule has 0 aliphatic heterocycles. The molecule has 15 heavy (non-hydrogen) atoms. The van der Waals surface area contributed by atoms with Gasteiger partial charge in [0.15, 0.2) is 0 Å². The van der Waals surface area contributed by atoms with Gasteiger partial charge in [0, 0.05) is 5.19 Å². The Morgan fingerprint density at radius 1 is 1.07 bits per heavy atom. The first kappa shape index (κ1) is 13.2. The summed E-state index contributed by atoms with van der Waals surface area (Å²) in [5.74, 6) is 0.664. The topological polar surface area (TPSA) is 9.23 Å². The molecule has 0 saturated heterocycles. The van der Waals surface area contributed by atoms with Crippen LogP contribution in [0.5, 0.6) is 5.75 Å². The summed E-state index contributed by atoms with van der Waals surface area (Å²) in [4.78, 5) is 0. The standard InChI is InChI=1S/C10H13Cl3OSi/c1-10(2,3)14-8-6-4-5-7-9(8)15(11,12)13/h4-7H,1-3H3. The number of hydrogen-bond acceptors (Lipinski definition) is 1. The van der Waals surface area contributed by atoms with Gasteiger partial charge in [-0.1, -0.05) is 18.2 Å². The van der Waals surface area contributed by atoms with Crippen LogP contribution in [0.2, 0.25) is 0 Å². The summed E-state index contributed by atoms with van der Waals surface area (Å²) >= 11 is 17.9. The van der Waals surface area contributed by atoms with E-state index in [-0.39, 0.29) is 5.60 Å². The van der Waals surface area contributed by atoms with Crippen LogP contribution in [0, 0.1) is 0 Å². The Morgan fingerprint density at radius 2 is 1.60 bits per heavy atom. The first-order valence-corrected chi connectivity index (χ1v) is 9.59. The number of hydrogen-bond donors (Lipinski definition) is 0. The first-order valence-electron chi connectivity index (χ1n) is 4.55. The van der Waals surface area contributed by atoms with Gasteiger partial charge in [0.05, 0.1) is 0 Å². The van der Waals surface area contributed by atoms with E-state index in [2.05, 4.69) is 0 Å². The third-order valence-corrected chi connectivity index (χ3v) is 4.46. The van der Waals surface area contributed by atoms with Crippen molar-refractivity contribution in [3.05, 3.63) is 24.3 Å². The molecule has 0 heterocycles. The van der Waals surface area contributed by atoms with E-state index >= 15 is 0 Å². The minimum absolute atomic E-state index is 0.291. The molecule has 0 bridgehead atoms. The van der Waals surface area contributed by atoms with Gasteiger partial charge < -0.3 is 4.74 Å². The summed E-state index contributed by atoms with van der Waals surface area (Å²) in [6, 6.07) is 4.47. The van der Waals surface area contributed by atoms with Crippen molar-refractivity contribution in [1.29, 1.82) is 0 Å². The third-order valence-electron chi connectivity index (χ3n) is 1.61. The zero-order valence-electron chi connectivity index (χ0n) is 8.85. The van der Waals surface area contributed by atoms with Gasteiger partial charge in [-0.25, -0.2) is 0 Å². The Kier molecular flexibility index (Phi) is 3.99. The second-order valence-electron chi connectivity index (χ2n) is 4.21. The van der Waals surface area contributed by atoms with Gasteiger partial charge in [-0.2, -0.15) is 0 Å². The van der Waals surface area contributed by atoms with Crippen molar-refractivity contribution in [2.24, 2.45) is 0 Å². The molecule has 1 rings (SSSR count). The average molecular weight is 284 g/mol. The summed E-state index contributed by atoms with van der Waals surface area (Å²) in [6.45, 7) is 5.89. The highest BCUT2D eigenvalue weighted by Crippen LogP contribution is 2.26. The number of halogens is 3. The van der Waals surface area contributed by atoms with Crippen LogP contribution in [0.4, 0.5) is 0 Å². The van der Waals surface area contributed by atoms with Crippen LogP contribution < -0.4 is 9.92 Å². The van der Waals surface area contributed by atoms with Crippen LogP contribution >= 0.6 is 33.2 Å². The molecular weight excluding hydrogens is 271 g/mol. The Hall–Kier alpha value is 0.107. The Morgan fingerprint density at radius 3 is 2.07 bits per heavy atom. The molecule has 0 aromatic heterocycles. The van der Waals surface area contributed by atoms with Gasteiger partial charge >= 0.3 is 6.00 Å². The minimum atomic E-state index is -2.89. The van der Waals surface area contributed by atoms with E-state index < -0.39 is 6.00 Å². The molecule has 0 atom stereocenters. The summed E-state index contributed by atoms with van der Waals surface area (Å²) in [5, 5.41) is 0.699. The second kappa shape index (κ2) is 4.54. The molecule has 0 unspecified atom stereocenters. The lowest BCUT2D eigenvalue weighted by Crippen LogP contribution is -2.35. The van der Waals surface area contributed by atoms with Crippen molar-refractivity contribution in [2.45, 2.75) is 26.4 Å². The van der Waals surface area contributed by atoms with Crippen molar-refractivity contribution in [3.63, 3.8) is 0 Å². The van der Waals surface area contributed by atoms with E-state index in [1.165, 1.54) is 0 Å². The molecular formula is C10H13Cl3OSi. The molecule has 0 amide bonds. The first-order chi connectivity index (χ1) is 6.70. The summed E-state index contributed by atoms with van der Waals surface area (Å²) in [6.07, 6.45) is 0. The predicted octanol–water partition coefficient (Wildman–Crippen LogP) is 3.73. The summed E-state index contributed by atoms with van der Waals surface area (Å²) in [5.41, 5.74) is -0.291. The van der Waals surface area contributed by atoms with E-state index in [9.17, 15) is 0 Å². The van der Waals surface area contributed by atoms with E-state index in [0.717, 1.165) is 0 Å². The summed E-state index contributed by atoms with van der Waals surface area (Å²) < 4.78 is 5.74. The molecule has 1 aromatic rings. The minimum Gasteiger partial charge on any atom is -0.488 e. The third kappa shape index (κ3) is 4.23. The zero-order valence-corrected chi connectivity index (χ0v) is 12.1. The lowest BCUT2D eigenvalue weighted by atomic mass is 10.2. The quantitative estimate of drug-likeness (QED) is 0.594. The largest absolute Gasteiger partial charge is 0.488 e. The van der Waals surface area contributed by atoms with Gasteiger partial charge in [-0.15, -0.1) is 33.2 Å². The highest BCUT2D eigenvalue weighted by atomic mass is 35.8. The van der Waals surface area contributed by atoms with Gasteiger partial charge in [-0.3, -0.25) is 0 Å². The molecule has 0 spiro atoms. The number of rotatable bonds is 2. The molecule has 1 nitrogen and oxygen atoms in total. The Labute approximate surface area is 105 Å². The molecule has 0 radical (unpaired) electrons. The molecule has 0 saturated carbocycles. The van der Waals surface area contributed by atoms with Gasteiger partial charge in [0.25, 0.3) is 0 Å². The molecule has 0 aliphatic carbocycles.